The maximum Gasteiger partial charge on any atom is 0.255 e. The van der Waals surface area contributed by atoms with Gasteiger partial charge in [0.15, 0.2) is 0 Å². The first-order chi connectivity index (χ1) is 10.7. The van der Waals surface area contributed by atoms with Gasteiger partial charge in [0.1, 0.15) is 5.82 Å². The second kappa shape index (κ2) is 8.13. The van der Waals surface area contributed by atoms with Gasteiger partial charge in [-0.3, -0.25) is 4.79 Å². The van der Waals surface area contributed by atoms with Crippen LogP contribution in [0.3, 0.4) is 0 Å². The lowest BCUT2D eigenvalue weighted by Gasteiger charge is -2.25. The quantitative estimate of drug-likeness (QED) is 0.838. The second-order valence-electron chi connectivity index (χ2n) is 5.84. The Balaban J connectivity index is 2.07. The SMILES string of the molecule is CCCN(CC)c1ccc(C(=O)N2CCCC2CNC)cn1. The van der Waals surface area contributed by atoms with Crippen LogP contribution in [0.15, 0.2) is 18.3 Å². The van der Waals surface area contributed by atoms with Gasteiger partial charge in [-0.1, -0.05) is 6.92 Å². The minimum Gasteiger partial charge on any atom is -0.357 e. The maximum absolute atomic E-state index is 12.7. The molecule has 0 aromatic carbocycles. The molecule has 2 heterocycles. The van der Waals surface area contributed by atoms with Crippen LogP contribution in [0.2, 0.25) is 0 Å². The number of amides is 1. The van der Waals surface area contributed by atoms with Gasteiger partial charge in [-0.15, -0.1) is 0 Å². The van der Waals surface area contributed by atoms with Gasteiger partial charge in [-0.05, 0) is 45.4 Å². The molecule has 1 amide bonds. The summed E-state index contributed by atoms with van der Waals surface area (Å²) in [5.41, 5.74) is 0.694. The number of carbonyl (C=O) groups excluding carboxylic acids is 1. The molecule has 1 aromatic rings. The minimum absolute atomic E-state index is 0.107. The fraction of sp³-hybridized carbons (Fsp3) is 0.647. The Morgan fingerprint density at radius 1 is 1.45 bits per heavy atom. The molecular weight excluding hydrogens is 276 g/mol. The van der Waals surface area contributed by atoms with E-state index in [1.54, 1.807) is 6.20 Å². The van der Waals surface area contributed by atoms with E-state index in [-0.39, 0.29) is 5.91 Å². The van der Waals surface area contributed by atoms with E-state index in [0.717, 1.165) is 51.3 Å². The molecule has 1 saturated heterocycles. The second-order valence-corrected chi connectivity index (χ2v) is 5.84. The van der Waals surface area contributed by atoms with Crippen molar-refractivity contribution in [3.63, 3.8) is 0 Å². The van der Waals surface area contributed by atoms with E-state index in [4.69, 9.17) is 0 Å². The van der Waals surface area contributed by atoms with Crippen molar-refractivity contribution < 1.29 is 4.79 Å². The fourth-order valence-corrected chi connectivity index (χ4v) is 3.12. The Morgan fingerprint density at radius 2 is 2.27 bits per heavy atom. The Bertz CT molecular complexity index is 474. The summed E-state index contributed by atoms with van der Waals surface area (Å²) in [5.74, 6) is 1.06. The van der Waals surface area contributed by atoms with Crippen LogP contribution in [-0.4, -0.2) is 55.1 Å². The third-order valence-electron chi connectivity index (χ3n) is 4.27. The summed E-state index contributed by atoms with van der Waals surface area (Å²) in [6, 6.07) is 4.19. The van der Waals surface area contributed by atoms with Gasteiger partial charge in [0.2, 0.25) is 0 Å². The molecule has 2 rings (SSSR count). The van der Waals surface area contributed by atoms with Gasteiger partial charge >= 0.3 is 0 Å². The van der Waals surface area contributed by atoms with Crippen LogP contribution in [-0.2, 0) is 0 Å². The molecule has 5 nitrogen and oxygen atoms in total. The van der Waals surface area contributed by atoms with Gasteiger partial charge in [0.25, 0.3) is 5.91 Å². The van der Waals surface area contributed by atoms with Crippen LogP contribution in [0, 0.1) is 0 Å². The third kappa shape index (κ3) is 3.77. The monoisotopic (exact) mass is 304 g/mol. The molecule has 0 bridgehead atoms. The highest BCUT2D eigenvalue weighted by atomic mass is 16.2. The predicted octanol–water partition coefficient (Wildman–Crippen LogP) is 2.14. The third-order valence-corrected chi connectivity index (χ3v) is 4.27. The van der Waals surface area contributed by atoms with Gasteiger partial charge in [-0.2, -0.15) is 0 Å². The van der Waals surface area contributed by atoms with Gasteiger partial charge in [0, 0.05) is 38.4 Å². The molecule has 5 heteroatoms. The number of anilines is 1. The average Bonchev–Trinajstić information content (AvgIpc) is 3.01. The Morgan fingerprint density at radius 3 is 2.86 bits per heavy atom. The molecule has 1 aliphatic heterocycles. The van der Waals surface area contributed by atoms with Crippen molar-refractivity contribution in [2.45, 2.75) is 39.2 Å². The summed E-state index contributed by atoms with van der Waals surface area (Å²) in [4.78, 5) is 21.4. The van der Waals surface area contributed by atoms with E-state index in [9.17, 15) is 4.79 Å². The first-order valence-corrected chi connectivity index (χ1v) is 8.37. The first kappa shape index (κ1) is 16.7. The van der Waals surface area contributed by atoms with E-state index in [2.05, 4.69) is 29.0 Å². The number of likely N-dealkylation sites (tertiary alicyclic amines) is 1. The normalized spacial score (nSPS) is 17.8. The van der Waals surface area contributed by atoms with Crippen molar-refractivity contribution in [1.29, 1.82) is 0 Å². The van der Waals surface area contributed by atoms with Crippen molar-refractivity contribution in [1.82, 2.24) is 15.2 Å². The van der Waals surface area contributed by atoms with E-state index < -0.39 is 0 Å². The molecule has 1 aromatic heterocycles. The lowest BCUT2D eigenvalue weighted by atomic mass is 10.2. The highest BCUT2D eigenvalue weighted by Crippen LogP contribution is 2.20. The smallest absolute Gasteiger partial charge is 0.255 e. The lowest BCUT2D eigenvalue weighted by molar-refractivity contribution is 0.0736. The largest absolute Gasteiger partial charge is 0.357 e. The van der Waals surface area contributed by atoms with Crippen LogP contribution < -0.4 is 10.2 Å². The van der Waals surface area contributed by atoms with E-state index in [0.29, 0.717) is 11.6 Å². The Kier molecular flexibility index (Phi) is 6.19. The zero-order valence-electron chi connectivity index (χ0n) is 14.0. The van der Waals surface area contributed by atoms with Crippen LogP contribution in [0.4, 0.5) is 5.82 Å². The molecule has 1 unspecified atom stereocenters. The summed E-state index contributed by atoms with van der Waals surface area (Å²) >= 11 is 0. The number of nitrogens with zero attached hydrogens (tertiary/aromatic N) is 3. The highest BCUT2D eigenvalue weighted by Gasteiger charge is 2.28. The number of likely N-dealkylation sites (N-methyl/N-ethyl adjacent to an activating group) is 1. The van der Waals surface area contributed by atoms with Gasteiger partial charge in [-0.25, -0.2) is 4.98 Å². The molecule has 0 aliphatic carbocycles. The predicted molar refractivity (Wildman–Crippen MR) is 90.4 cm³/mol. The summed E-state index contributed by atoms with van der Waals surface area (Å²) in [7, 11) is 1.93. The molecule has 0 spiro atoms. The van der Waals surface area contributed by atoms with E-state index in [1.807, 2.05) is 24.1 Å². The van der Waals surface area contributed by atoms with Crippen molar-refractivity contribution in [2.75, 3.05) is 38.1 Å². The summed E-state index contributed by atoms with van der Waals surface area (Å²) in [6.45, 7) is 7.93. The lowest BCUT2D eigenvalue weighted by Crippen LogP contribution is -2.40. The van der Waals surface area contributed by atoms with Crippen LogP contribution >= 0.6 is 0 Å². The highest BCUT2D eigenvalue weighted by molar-refractivity contribution is 5.94. The summed E-state index contributed by atoms with van der Waals surface area (Å²) < 4.78 is 0. The number of rotatable bonds is 7. The number of carbonyl (C=O) groups is 1. The minimum atomic E-state index is 0.107. The van der Waals surface area contributed by atoms with E-state index >= 15 is 0 Å². The molecule has 1 aliphatic rings. The van der Waals surface area contributed by atoms with Crippen molar-refractivity contribution in [3.8, 4) is 0 Å². The zero-order valence-corrected chi connectivity index (χ0v) is 14.0. The molecular formula is C17H28N4O. The topological polar surface area (TPSA) is 48.5 Å². The molecule has 1 N–H and O–H groups in total. The van der Waals surface area contributed by atoms with Crippen LogP contribution in [0.25, 0.3) is 0 Å². The van der Waals surface area contributed by atoms with Gasteiger partial charge < -0.3 is 15.1 Å². The van der Waals surface area contributed by atoms with Crippen molar-refractivity contribution in [3.05, 3.63) is 23.9 Å². The molecule has 22 heavy (non-hydrogen) atoms. The first-order valence-electron chi connectivity index (χ1n) is 8.37. The molecule has 0 saturated carbocycles. The summed E-state index contributed by atoms with van der Waals surface area (Å²) in [6.07, 6.45) is 4.99. The Labute approximate surface area is 133 Å². The number of aromatic nitrogens is 1. The number of hydrogen-bond acceptors (Lipinski definition) is 4. The standard InChI is InChI=1S/C17H28N4O/c1-4-10-20(5-2)16-9-8-14(12-19-16)17(22)21-11-6-7-15(21)13-18-3/h8-9,12,15,18H,4-7,10-11,13H2,1-3H3. The Hall–Kier alpha value is -1.62. The van der Waals surface area contributed by atoms with Crippen LogP contribution in [0.5, 0.6) is 0 Å². The molecule has 122 valence electrons. The van der Waals surface area contributed by atoms with Crippen LogP contribution in [0.1, 0.15) is 43.5 Å². The molecule has 0 radical (unpaired) electrons. The zero-order chi connectivity index (χ0) is 15.9. The molecule has 1 fully saturated rings. The average molecular weight is 304 g/mol. The molecule has 1 atom stereocenters. The number of pyridine rings is 1. The van der Waals surface area contributed by atoms with Crippen molar-refractivity contribution in [2.24, 2.45) is 0 Å². The summed E-state index contributed by atoms with van der Waals surface area (Å²) in [5, 5.41) is 3.18. The van der Waals surface area contributed by atoms with Gasteiger partial charge in [0.05, 0.1) is 5.56 Å². The number of nitrogens with one attached hydrogen (secondary N) is 1. The fourth-order valence-electron chi connectivity index (χ4n) is 3.12. The van der Waals surface area contributed by atoms with Crippen molar-refractivity contribution >= 4 is 11.7 Å². The maximum atomic E-state index is 12.7. The van der Waals surface area contributed by atoms with E-state index in [1.165, 1.54) is 0 Å². The number of hydrogen-bond donors (Lipinski definition) is 1.